The lowest BCUT2D eigenvalue weighted by atomic mass is 10.1. The normalized spacial score (nSPS) is 10.3. The van der Waals surface area contributed by atoms with Crippen molar-refractivity contribution in [1.29, 1.82) is 0 Å². The maximum Gasteiger partial charge on any atom is 0.310 e. The minimum atomic E-state index is -0.211. The molecule has 6 nitrogen and oxygen atoms in total. The summed E-state index contributed by atoms with van der Waals surface area (Å²) in [5.41, 5.74) is 6.13. The molecule has 6 heteroatoms. The fraction of sp³-hybridized carbons (Fsp3) is 0.226. The van der Waals surface area contributed by atoms with E-state index in [1.165, 1.54) is 0 Å². The number of hydrogen-bond acceptors (Lipinski definition) is 4. The molecule has 2 aromatic carbocycles. The Balaban J connectivity index is 0.00000380. The first-order chi connectivity index (χ1) is 17.6. The number of carbonyl (C=O) groups is 2. The van der Waals surface area contributed by atoms with Crippen molar-refractivity contribution in [2.24, 2.45) is 0 Å². The van der Waals surface area contributed by atoms with E-state index in [0.29, 0.717) is 13.2 Å². The average Bonchev–Trinajstić information content (AvgIpc) is 2.90. The van der Waals surface area contributed by atoms with Crippen molar-refractivity contribution in [2.75, 3.05) is 13.2 Å². The molecule has 0 atom stereocenters. The highest BCUT2D eigenvalue weighted by Crippen LogP contribution is 2.17. The molecule has 0 radical (unpaired) electrons. The summed E-state index contributed by atoms with van der Waals surface area (Å²) < 4.78 is 14.1. The lowest BCUT2D eigenvalue weighted by molar-refractivity contribution is -0.596. The van der Waals surface area contributed by atoms with Crippen LogP contribution in [0.25, 0.3) is 22.5 Å². The van der Waals surface area contributed by atoms with Gasteiger partial charge in [-0.05, 0) is 36.1 Å². The quantitative estimate of drug-likeness (QED) is 0.247. The zero-order valence-electron chi connectivity index (χ0n) is 20.6. The smallest absolute Gasteiger partial charge is 0.310 e. The second-order valence-electron chi connectivity index (χ2n) is 8.28. The largest absolute Gasteiger partial charge is 0.466 e. The van der Waals surface area contributed by atoms with E-state index in [9.17, 15) is 9.59 Å². The SMILES string of the molecule is C.CCOC(=O)Cc1ccc(-[n+]2ccc(-c3cc[n+](-c4ccc(CC(=O)OCC)cc4)cc3)cc2)cc1. The Morgan fingerprint density at radius 2 is 0.892 bits per heavy atom. The van der Waals surface area contributed by atoms with Crippen LogP contribution in [0, 0.1) is 0 Å². The Morgan fingerprint density at radius 3 is 1.19 bits per heavy atom. The van der Waals surface area contributed by atoms with E-state index in [0.717, 1.165) is 33.6 Å². The van der Waals surface area contributed by atoms with E-state index in [2.05, 4.69) is 24.3 Å². The van der Waals surface area contributed by atoms with E-state index in [-0.39, 0.29) is 32.2 Å². The van der Waals surface area contributed by atoms with E-state index in [4.69, 9.17) is 9.47 Å². The highest BCUT2D eigenvalue weighted by Gasteiger charge is 2.11. The van der Waals surface area contributed by atoms with Crippen LogP contribution in [-0.2, 0) is 31.9 Å². The molecule has 0 N–H and O–H groups in total. The summed E-state index contributed by atoms with van der Waals surface area (Å²) in [6.07, 6.45) is 8.67. The summed E-state index contributed by atoms with van der Waals surface area (Å²) in [4.78, 5) is 23.3. The highest BCUT2D eigenvalue weighted by molar-refractivity contribution is 5.73. The Morgan fingerprint density at radius 1 is 0.568 bits per heavy atom. The van der Waals surface area contributed by atoms with Gasteiger partial charge in [0.1, 0.15) is 0 Å². The summed E-state index contributed by atoms with van der Waals surface area (Å²) >= 11 is 0. The Hall–Kier alpha value is -4.32. The third kappa shape index (κ3) is 7.34. The number of benzene rings is 2. The topological polar surface area (TPSA) is 60.4 Å². The predicted octanol–water partition coefficient (Wildman–Crippen LogP) is 4.75. The van der Waals surface area contributed by atoms with Gasteiger partial charge >= 0.3 is 11.9 Å². The van der Waals surface area contributed by atoms with Crippen molar-refractivity contribution in [3.8, 4) is 22.5 Å². The second-order valence-corrected chi connectivity index (χ2v) is 8.28. The average molecular weight is 499 g/mol. The summed E-state index contributed by atoms with van der Waals surface area (Å²) in [5, 5.41) is 0. The fourth-order valence-electron chi connectivity index (χ4n) is 3.91. The Bertz CT molecular complexity index is 1190. The van der Waals surface area contributed by atoms with Gasteiger partial charge in [-0.15, -0.1) is 0 Å². The highest BCUT2D eigenvalue weighted by atomic mass is 16.5. The molecule has 37 heavy (non-hydrogen) atoms. The molecule has 0 unspecified atom stereocenters. The first-order valence-electron chi connectivity index (χ1n) is 12.1. The maximum absolute atomic E-state index is 11.7. The molecular formula is C31H34N2O4+2. The number of esters is 2. The molecule has 0 amide bonds. The van der Waals surface area contributed by atoms with Crippen LogP contribution in [0.4, 0.5) is 0 Å². The van der Waals surface area contributed by atoms with Gasteiger partial charge in [-0.1, -0.05) is 31.7 Å². The third-order valence-electron chi connectivity index (χ3n) is 5.77. The van der Waals surface area contributed by atoms with Crippen LogP contribution in [0.5, 0.6) is 0 Å². The molecule has 0 saturated carbocycles. The summed E-state index contributed by atoms with van der Waals surface area (Å²) in [6.45, 7) is 4.41. The van der Waals surface area contributed by atoms with Crippen molar-refractivity contribution in [3.05, 3.63) is 109 Å². The van der Waals surface area contributed by atoms with Gasteiger partial charge in [-0.2, -0.15) is 9.13 Å². The van der Waals surface area contributed by atoms with Gasteiger partial charge in [-0.25, -0.2) is 0 Å². The number of nitrogens with zero attached hydrogens (tertiary/aromatic N) is 2. The van der Waals surface area contributed by atoms with E-state index >= 15 is 0 Å². The number of aromatic nitrogens is 2. The molecular weight excluding hydrogens is 464 g/mol. The van der Waals surface area contributed by atoms with Crippen molar-refractivity contribution in [2.45, 2.75) is 34.1 Å². The molecule has 0 aliphatic rings. The first-order valence-corrected chi connectivity index (χ1v) is 12.1. The predicted molar refractivity (Wildman–Crippen MR) is 142 cm³/mol. The second kappa shape index (κ2) is 13.1. The molecule has 0 fully saturated rings. The van der Waals surface area contributed by atoms with E-state index in [1.54, 1.807) is 0 Å². The number of carbonyl (C=O) groups excluding carboxylic acids is 2. The van der Waals surface area contributed by atoms with Crippen LogP contribution in [0.2, 0.25) is 0 Å². The lowest BCUT2D eigenvalue weighted by Crippen LogP contribution is -2.29. The van der Waals surface area contributed by atoms with Crippen LogP contribution in [-0.4, -0.2) is 25.2 Å². The monoisotopic (exact) mass is 498 g/mol. The molecule has 4 rings (SSSR count). The zero-order chi connectivity index (χ0) is 25.3. The molecule has 0 bridgehead atoms. The van der Waals surface area contributed by atoms with Crippen LogP contribution < -0.4 is 9.13 Å². The number of rotatable bonds is 9. The van der Waals surface area contributed by atoms with Crippen LogP contribution >= 0.6 is 0 Å². The number of hydrogen-bond donors (Lipinski definition) is 0. The Labute approximate surface area is 218 Å². The van der Waals surface area contributed by atoms with Gasteiger partial charge in [-0.3, -0.25) is 9.59 Å². The standard InChI is InChI=1S/C30H30N2O4.CH4/c1-3-35-29(33)21-23-5-9-27(10-6-23)31-17-13-25(14-18-31)26-15-19-32(20-16-26)28-11-7-24(8-12-28)22-30(34)36-4-2;/h5-20H,3-4,21-22H2,1-2H3;1H4/q+2;. The number of ether oxygens (including phenoxy) is 2. The summed E-state index contributed by atoms with van der Waals surface area (Å²) in [6, 6.07) is 24.1. The zero-order valence-corrected chi connectivity index (χ0v) is 20.6. The van der Waals surface area contributed by atoms with Gasteiger partial charge in [0.2, 0.25) is 11.4 Å². The van der Waals surface area contributed by atoms with Gasteiger partial charge < -0.3 is 9.47 Å². The van der Waals surface area contributed by atoms with Crippen molar-refractivity contribution in [1.82, 2.24) is 0 Å². The molecule has 4 aromatic rings. The molecule has 2 heterocycles. The Kier molecular flexibility index (Phi) is 9.67. The van der Waals surface area contributed by atoms with Gasteiger partial charge in [0, 0.05) is 48.5 Å². The van der Waals surface area contributed by atoms with Crippen molar-refractivity contribution >= 4 is 11.9 Å². The molecule has 0 saturated heterocycles. The first kappa shape index (κ1) is 27.3. The molecule has 190 valence electrons. The van der Waals surface area contributed by atoms with Crippen LogP contribution in [0.1, 0.15) is 32.4 Å². The van der Waals surface area contributed by atoms with E-state index < -0.39 is 0 Å². The minimum Gasteiger partial charge on any atom is -0.466 e. The molecule has 0 aliphatic carbocycles. The van der Waals surface area contributed by atoms with Crippen LogP contribution in [0.3, 0.4) is 0 Å². The molecule has 0 spiro atoms. The molecule has 0 aliphatic heterocycles. The van der Waals surface area contributed by atoms with E-state index in [1.807, 2.05) is 96.3 Å². The molecule has 2 aromatic heterocycles. The lowest BCUT2D eigenvalue weighted by Gasteiger charge is -2.04. The third-order valence-corrected chi connectivity index (χ3v) is 5.77. The maximum atomic E-state index is 11.7. The summed E-state index contributed by atoms with van der Waals surface area (Å²) in [5.74, 6) is -0.421. The summed E-state index contributed by atoms with van der Waals surface area (Å²) in [7, 11) is 0. The van der Waals surface area contributed by atoms with Crippen molar-refractivity contribution in [3.63, 3.8) is 0 Å². The van der Waals surface area contributed by atoms with Crippen LogP contribution in [0.15, 0.2) is 97.6 Å². The fourth-order valence-corrected chi connectivity index (χ4v) is 3.91. The van der Waals surface area contributed by atoms with Gasteiger partial charge in [0.05, 0.1) is 26.1 Å². The number of pyridine rings is 2. The van der Waals surface area contributed by atoms with Gasteiger partial charge in [0.15, 0.2) is 24.8 Å². The van der Waals surface area contributed by atoms with Crippen molar-refractivity contribution < 1.29 is 28.2 Å². The van der Waals surface area contributed by atoms with Gasteiger partial charge in [0.25, 0.3) is 0 Å². The minimum absolute atomic E-state index is 0.